The van der Waals surface area contributed by atoms with Gasteiger partial charge in [0.15, 0.2) is 5.69 Å². The molecule has 20 heavy (non-hydrogen) atoms. The van der Waals surface area contributed by atoms with Gasteiger partial charge in [0.1, 0.15) is 11.0 Å². The van der Waals surface area contributed by atoms with Crippen molar-refractivity contribution < 1.29 is 8.42 Å². The Morgan fingerprint density at radius 3 is 2.75 bits per heavy atom. The molecule has 0 aliphatic rings. The maximum Gasteiger partial charge on any atom is 0.264 e. The third kappa shape index (κ3) is 2.82. The number of aromatic nitrogens is 1. The molecule has 1 heterocycles. The molecule has 0 radical (unpaired) electrons. The number of anilines is 2. The lowest BCUT2D eigenvalue weighted by atomic mass is 10.3. The van der Waals surface area contributed by atoms with Crippen LogP contribution in [0, 0.1) is 11.3 Å². The number of nitrogen functional groups attached to an aromatic ring is 1. The zero-order valence-electron chi connectivity index (χ0n) is 10.0. The molecule has 0 fully saturated rings. The normalized spacial score (nSPS) is 10.8. The van der Waals surface area contributed by atoms with E-state index < -0.39 is 10.0 Å². The molecule has 0 atom stereocenters. The van der Waals surface area contributed by atoms with E-state index in [0.717, 1.165) is 0 Å². The Labute approximate surface area is 120 Å². The molecule has 0 bridgehead atoms. The number of nitrogens with zero attached hydrogens (tertiary/aromatic N) is 2. The largest absolute Gasteiger partial charge is 0.397 e. The van der Waals surface area contributed by atoms with E-state index in [1.165, 1.54) is 36.5 Å². The monoisotopic (exact) mass is 308 g/mol. The van der Waals surface area contributed by atoms with Gasteiger partial charge in [0.25, 0.3) is 10.0 Å². The van der Waals surface area contributed by atoms with Crippen molar-refractivity contribution >= 4 is 33.0 Å². The average molecular weight is 309 g/mol. The fraction of sp³-hybridized carbons (Fsp3) is 0. The molecule has 6 nitrogen and oxygen atoms in total. The first-order valence-corrected chi connectivity index (χ1v) is 7.23. The number of hydrogen-bond donors (Lipinski definition) is 2. The van der Waals surface area contributed by atoms with E-state index in [1.54, 1.807) is 6.07 Å². The number of hydrogen-bond acceptors (Lipinski definition) is 5. The van der Waals surface area contributed by atoms with Gasteiger partial charge in [-0.2, -0.15) is 5.26 Å². The van der Waals surface area contributed by atoms with E-state index in [9.17, 15) is 8.42 Å². The van der Waals surface area contributed by atoms with Crippen LogP contribution in [0.25, 0.3) is 0 Å². The van der Waals surface area contributed by atoms with E-state index >= 15 is 0 Å². The highest BCUT2D eigenvalue weighted by molar-refractivity contribution is 7.92. The van der Waals surface area contributed by atoms with Crippen molar-refractivity contribution in [2.75, 3.05) is 10.5 Å². The van der Waals surface area contributed by atoms with Crippen LogP contribution in [0.5, 0.6) is 0 Å². The summed E-state index contributed by atoms with van der Waals surface area (Å²) in [6, 6.07) is 8.82. The third-order valence-corrected chi connectivity index (χ3v) is 4.06. The summed E-state index contributed by atoms with van der Waals surface area (Å²) in [6.45, 7) is 0. The number of pyridine rings is 1. The van der Waals surface area contributed by atoms with Crippen molar-refractivity contribution in [1.29, 1.82) is 5.26 Å². The summed E-state index contributed by atoms with van der Waals surface area (Å²) < 4.78 is 26.8. The molecule has 1 aromatic heterocycles. The Kier molecular flexibility index (Phi) is 3.79. The van der Waals surface area contributed by atoms with E-state index in [-0.39, 0.29) is 22.0 Å². The summed E-state index contributed by atoms with van der Waals surface area (Å²) in [7, 11) is -3.95. The SMILES string of the molecule is N#Cc1ncccc1S(=O)(=O)Nc1ccc(Cl)cc1N. The number of nitrogens with one attached hydrogen (secondary N) is 1. The lowest BCUT2D eigenvalue weighted by molar-refractivity contribution is 0.600. The molecule has 0 saturated carbocycles. The van der Waals surface area contributed by atoms with Crippen molar-refractivity contribution in [1.82, 2.24) is 4.98 Å². The maximum absolute atomic E-state index is 12.2. The van der Waals surface area contributed by atoms with Crippen molar-refractivity contribution in [3.8, 4) is 6.07 Å². The predicted molar refractivity (Wildman–Crippen MR) is 75.6 cm³/mol. The summed E-state index contributed by atoms with van der Waals surface area (Å²) in [6.07, 6.45) is 1.34. The first-order valence-electron chi connectivity index (χ1n) is 5.37. The molecule has 0 aliphatic heterocycles. The Morgan fingerprint density at radius 2 is 2.10 bits per heavy atom. The number of benzene rings is 1. The molecular weight excluding hydrogens is 300 g/mol. The van der Waals surface area contributed by atoms with Gasteiger partial charge in [-0.05, 0) is 30.3 Å². The van der Waals surface area contributed by atoms with Gasteiger partial charge in [-0.3, -0.25) is 4.72 Å². The first-order chi connectivity index (χ1) is 9.44. The van der Waals surface area contributed by atoms with Crippen LogP contribution in [0.4, 0.5) is 11.4 Å². The van der Waals surface area contributed by atoms with Gasteiger partial charge in [-0.25, -0.2) is 13.4 Å². The second-order valence-corrected chi connectivity index (χ2v) is 5.89. The fourth-order valence-electron chi connectivity index (χ4n) is 1.52. The zero-order chi connectivity index (χ0) is 14.8. The Hall–Kier alpha value is -2.30. The quantitative estimate of drug-likeness (QED) is 0.843. The Balaban J connectivity index is 2.44. The Bertz CT molecular complexity index is 799. The third-order valence-electron chi connectivity index (χ3n) is 2.42. The number of sulfonamides is 1. The molecule has 3 N–H and O–H groups in total. The zero-order valence-corrected chi connectivity index (χ0v) is 11.6. The molecular formula is C12H9ClN4O2S. The number of rotatable bonds is 3. The van der Waals surface area contributed by atoms with E-state index in [4.69, 9.17) is 22.6 Å². The summed E-state index contributed by atoms with van der Waals surface area (Å²) in [5.74, 6) is 0. The van der Waals surface area contributed by atoms with Crippen LogP contribution in [-0.4, -0.2) is 13.4 Å². The summed E-state index contributed by atoms with van der Waals surface area (Å²) in [5, 5.41) is 9.29. The Morgan fingerprint density at radius 1 is 1.35 bits per heavy atom. The molecule has 0 amide bonds. The van der Waals surface area contributed by atoms with Crippen LogP contribution in [0.3, 0.4) is 0 Å². The van der Waals surface area contributed by atoms with Gasteiger partial charge in [0.05, 0.1) is 11.4 Å². The minimum absolute atomic E-state index is 0.183. The van der Waals surface area contributed by atoms with Gasteiger partial charge in [-0.15, -0.1) is 0 Å². The highest BCUT2D eigenvalue weighted by atomic mass is 35.5. The molecule has 0 aliphatic carbocycles. The predicted octanol–water partition coefficient (Wildman–Crippen LogP) is 1.99. The average Bonchev–Trinajstić information content (AvgIpc) is 2.42. The molecule has 2 aromatic rings. The van der Waals surface area contributed by atoms with Gasteiger partial charge in [-0.1, -0.05) is 11.6 Å². The fourth-order valence-corrected chi connectivity index (χ4v) is 2.89. The van der Waals surface area contributed by atoms with Crippen LogP contribution >= 0.6 is 11.6 Å². The van der Waals surface area contributed by atoms with Gasteiger partial charge < -0.3 is 5.73 Å². The first kappa shape index (κ1) is 14.1. The second-order valence-electron chi connectivity index (χ2n) is 3.80. The molecule has 102 valence electrons. The lowest BCUT2D eigenvalue weighted by Gasteiger charge is -2.11. The van der Waals surface area contributed by atoms with Crippen LogP contribution < -0.4 is 10.5 Å². The van der Waals surface area contributed by atoms with E-state index in [0.29, 0.717) is 5.02 Å². The van der Waals surface area contributed by atoms with E-state index in [1.807, 2.05) is 0 Å². The molecule has 2 rings (SSSR count). The number of nitriles is 1. The molecule has 8 heteroatoms. The molecule has 0 unspecified atom stereocenters. The number of halogens is 1. The van der Waals surface area contributed by atoms with Gasteiger partial charge in [0.2, 0.25) is 0 Å². The van der Waals surface area contributed by atoms with Gasteiger partial charge >= 0.3 is 0 Å². The van der Waals surface area contributed by atoms with Crippen molar-refractivity contribution in [3.63, 3.8) is 0 Å². The topological polar surface area (TPSA) is 109 Å². The van der Waals surface area contributed by atoms with E-state index in [2.05, 4.69) is 9.71 Å². The lowest BCUT2D eigenvalue weighted by Crippen LogP contribution is -2.16. The van der Waals surface area contributed by atoms with Crippen molar-refractivity contribution in [3.05, 3.63) is 47.2 Å². The van der Waals surface area contributed by atoms with Gasteiger partial charge in [0, 0.05) is 11.2 Å². The van der Waals surface area contributed by atoms with Crippen LogP contribution in [0.2, 0.25) is 5.02 Å². The smallest absolute Gasteiger partial charge is 0.264 e. The summed E-state index contributed by atoms with van der Waals surface area (Å²) >= 11 is 5.74. The van der Waals surface area contributed by atoms with Crippen molar-refractivity contribution in [2.24, 2.45) is 0 Å². The minimum atomic E-state index is -3.95. The van der Waals surface area contributed by atoms with Crippen LogP contribution in [0.1, 0.15) is 5.69 Å². The number of nitrogens with two attached hydrogens (primary N) is 1. The molecule has 1 aromatic carbocycles. The highest BCUT2D eigenvalue weighted by Gasteiger charge is 2.20. The summed E-state index contributed by atoms with van der Waals surface area (Å²) in [5.41, 5.74) is 5.86. The van der Waals surface area contributed by atoms with Crippen molar-refractivity contribution in [2.45, 2.75) is 4.90 Å². The minimum Gasteiger partial charge on any atom is -0.397 e. The van der Waals surface area contributed by atoms with Crippen LogP contribution in [-0.2, 0) is 10.0 Å². The highest BCUT2D eigenvalue weighted by Crippen LogP contribution is 2.25. The van der Waals surface area contributed by atoms with Crippen LogP contribution in [0.15, 0.2) is 41.4 Å². The summed E-state index contributed by atoms with van der Waals surface area (Å²) in [4.78, 5) is 3.50. The molecule has 0 spiro atoms. The molecule has 0 saturated heterocycles. The standard InChI is InChI=1S/C12H9ClN4O2S/c13-8-3-4-10(9(15)6-8)17-20(18,19)12-2-1-5-16-11(12)7-14/h1-6,17H,15H2. The second kappa shape index (κ2) is 5.36. The maximum atomic E-state index is 12.2.